The van der Waals surface area contributed by atoms with Gasteiger partial charge in [0.15, 0.2) is 4.32 Å². The van der Waals surface area contributed by atoms with Gasteiger partial charge in [0.1, 0.15) is 17.3 Å². The van der Waals surface area contributed by atoms with Gasteiger partial charge in [-0.05, 0) is 36.4 Å². The van der Waals surface area contributed by atoms with Crippen molar-refractivity contribution in [3.63, 3.8) is 0 Å². The quantitative estimate of drug-likeness (QED) is 0.577. The summed E-state index contributed by atoms with van der Waals surface area (Å²) < 4.78 is 16.2. The molecule has 0 spiro atoms. The highest BCUT2D eigenvalue weighted by Gasteiger charge is 2.34. The molecular weight excluding hydrogens is 358 g/mol. The number of nitrogens with zero attached hydrogens (tertiary/aromatic N) is 1. The van der Waals surface area contributed by atoms with E-state index in [0.717, 1.165) is 0 Å². The molecule has 2 heterocycles. The zero-order valence-corrected chi connectivity index (χ0v) is 15.2. The maximum Gasteiger partial charge on any atom is 0.270 e. The average Bonchev–Trinajstić information content (AvgIpc) is 3.23. The fraction of sp³-hybridized carbons (Fsp3) is 0.111. The van der Waals surface area contributed by atoms with Crippen molar-refractivity contribution in [2.24, 2.45) is 0 Å². The van der Waals surface area contributed by atoms with E-state index in [9.17, 15) is 4.79 Å². The predicted octanol–water partition coefficient (Wildman–Crippen LogP) is 4.26. The van der Waals surface area contributed by atoms with Crippen molar-refractivity contribution in [2.75, 3.05) is 19.1 Å². The largest absolute Gasteiger partial charge is 0.497 e. The molecule has 25 heavy (non-hydrogen) atoms. The smallest absolute Gasteiger partial charge is 0.270 e. The van der Waals surface area contributed by atoms with Crippen LogP contribution in [0.5, 0.6) is 11.5 Å². The molecule has 5 nitrogen and oxygen atoms in total. The molecule has 0 aliphatic carbocycles. The highest BCUT2D eigenvalue weighted by Crippen LogP contribution is 2.40. The standard InChI is InChI=1S/C18H15NO4S2/c1-21-13-8-9-14(15(11-13)22-2)19-17(20)16(25-18(19)24)7-3-5-12-6-4-10-23-12/h3-11H,1-2H3/b5-3+,16-7+. The minimum absolute atomic E-state index is 0.192. The second kappa shape index (κ2) is 7.58. The van der Waals surface area contributed by atoms with Crippen LogP contribution in [-0.4, -0.2) is 24.4 Å². The van der Waals surface area contributed by atoms with E-state index in [1.54, 1.807) is 55.9 Å². The first-order valence-electron chi connectivity index (χ1n) is 7.34. The molecule has 0 saturated carbocycles. The molecule has 128 valence electrons. The van der Waals surface area contributed by atoms with Gasteiger partial charge in [-0.3, -0.25) is 9.69 Å². The third-order valence-electron chi connectivity index (χ3n) is 3.47. The number of carbonyl (C=O) groups excluding carboxylic acids is 1. The number of anilines is 1. The zero-order valence-electron chi connectivity index (χ0n) is 13.6. The fourth-order valence-electron chi connectivity index (χ4n) is 2.28. The van der Waals surface area contributed by atoms with E-state index in [1.165, 1.54) is 23.8 Å². The lowest BCUT2D eigenvalue weighted by Crippen LogP contribution is -2.27. The molecule has 1 aliphatic heterocycles. The normalized spacial score (nSPS) is 16.2. The topological polar surface area (TPSA) is 51.9 Å². The number of rotatable bonds is 5. The van der Waals surface area contributed by atoms with Crippen molar-refractivity contribution in [1.82, 2.24) is 0 Å². The lowest BCUT2D eigenvalue weighted by Gasteiger charge is -2.18. The molecule has 1 fully saturated rings. The fourth-order valence-corrected chi connectivity index (χ4v) is 3.51. The van der Waals surface area contributed by atoms with Gasteiger partial charge in [0.2, 0.25) is 0 Å². The summed E-state index contributed by atoms with van der Waals surface area (Å²) in [5.41, 5.74) is 0.587. The molecule has 2 aromatic rings. The van der Waals surface area contributed by atoms with Gasteiger partial charge >= 0.3 is 0 Å². The number of benzene rings is 1. The van der Waals surface area contributed by atoms with Crippen LogP contribution in [0.25, 0.3) is 6.08 Å². The van der Waals surface area contributed by atoms with E-state index in [2.05, 4.69) is 0 Å². The first-order chi connectivity index (χ1) is 12.1. The lowest BCUT2D eigenvalue weighted by atomic mass is 10.2. The summed E-state index contributed by atoms with van der Waals surface area (Å²) in [6.45, 7) is 0. The Bertz CT molecular complexity index is 856. The third kappa shape index (κ3) is 3.62. The Hall–Kier alpha value is -2.51. The molecule has 0 atom stereocenters. The number of carbonyl (C=O) groups is 1. The van der Waals surface area contributed by atoms with E-state index in [4.69, 9.17) is 26.1 Å². The Balaban J connectivity index is 1.86. The molecule has 7 heteroatoms. The van der Waals surface area contributed by atoms with Crippen molar-refractivity contribution in [1.29, 1.82) is 0 Å². The highest BCUT2D eigenvalue weighted by molar-refractivity contribution is 8.27. The summed E-state index contributed by atoms with van der Waals surface area (Å²) >= 11 is 6.62. The Morgan fingerprint density at radius 2 is 2.08 bits per heavy atom. The van der Waals surface area contributed by atoms with Crippen molar-refractivity contribution in [3.05, 3.63) is 59.4 Å². The monoisotopic (exact) mass is 373 g/mol. The van der Waals surface area contributed by atoms with Crippen LogP contribution in [0.1, 0.15) is 5.76 Å². The summed E-state index contributed by atoms with van der Waals surface area (Å²) in [6.07, 6.45) is 6.85. The minimum atomic E-state index is -0.192. The van der Waals surface area contributed by atoms with Crippen molar-refractivity contribution < 1.29 is 18.7 Å². The molecule has 0 bridgehead atoms. The molecule has 1 aliphatic rings. The van der Waals surface area contributed by atoms with E-state index < -0.39 is 0 Å². The first-order valence-corrected chi connectivity index (χ1v) is 8.56. The summed E-state index contributed by atoms with van der Waals surface area (Å²) in [5, 5.41) is 0. The Morgan fingerprint density at radius 1 is 1.24 bits per heavy atom. The van der Waals surface area contributed by atoms with Crippen LogP contribution >= 0.6 is 24.0 Å². The third-order valence-corrected chi connectivity index (χ3v) is 4.79. The summed E-state index contributed by atoms with van der Waals surface area (Å²) in [7, 11) is 3.11. The molecule has 3 rings (SSSR count). The highest BCUT2D eigenvalue weighted by atomic mass is 32.2. The van der Waals surface area contributed by atoms with Crippen LogP contribution in [0, 0.1) is 0 Å². The Kier molecular flexibility index (Phi) is 5.25. The summed E-state index contributed by atoms with van der Waals surface area (Å²) in [5.74, 6) is 1.68. The van der Waals surface area contributed by atoms with Crippen LogP contribution in [0.4, 0.5) is 5.69 Å². The molecule has 1 aromatic heterocycles. The number of hydrogen-bond donors (Lipinski definition) is 0. The van der Waals surface area contributed by atoms with Crippen LogP contribution < -0.4 is 14.4 Å². The van der Waals surface area contributed by atoms with Crippen LogP contribution in [0.15, 0.2) is 58.1 Å². The van der Waals surface area contributed by atoms with Crippen LogP contribution in [0.2, 0.25) is 0 Å². The van der Waals surface area contributed by atoms with Crippen LogP contribution in [0.3, 0.4) is 0 Å². The van der Waals surface area contributed by atoms with Gasteiger partial charge in [0.05, 0.1) is 31.1 Å². The van der Waals surface area contributed by atoms with E-state index >= 15 is 0 Å². The maximum absolute atomic E-state index is 12.7. The first kappa shape index (κ1) is 17.3. The van der Waals surface area contributed by atoms with Gasteiger partial charge < -0.3 is 13.9 Å². The van der Waals surface area contributed by atoms with E-state index in [-0.39, 0.29) is 5.91 Å². The molecule has 1 amide bonds. The number of thioether (sulfide) groups is 1. The van der Waals surface area contributed by atoms with Gasteiger partial charge in [0.25, 0.3) is 5.91 Å². The van der Waals surface area contributed by atoms with E-state index in [1.807, 2.05) is 6.07 Å². The van der Waals surface area contributed by atoms with Gasteiger partial charge in [-0.2, -0.15) is 0 Å². The Labute approximate surface area is 154 Å². The molecular formula is C18H15NO4S2. The number of hydrogen-bond acceptors (Lipinski definition) is 6. The van der Waals surface area contributed by atoms with Crippen molar-refractivity contribution in [2.45, 2.75) is 0 Å². The maximum atomic E-state index is 12.7. The van der Waals surface area contributed by atoms with Crippen molar-refractivity contribution >= 4 is 46.0 Å². The van der Waals surface area contributed by atoms with Gasteiger partial charge in [0, 0.05) is 6.07 Å². The number of methoxy groups -OCH3 is 2. The zero-order chi connectivity index (χ0) is 17.8. The molecule has 0 N–H and O–H groups in total. The van der Waals surface area contributed by atoms with E-state index in [0.29, 0.717) is 32.2 Å². The molecule has 1 saturated heterocycles. The minimum Gasteiger partial charge on any atom is -0.497 e. The summed E-state index contributed by atoms with van der Waals surface area (Å²) in [6, 6.07) is 8.86. The SMILES string of the molecule is COc1ccc(N2C(=O)/C(=C\C=C\c3ccco3)SC2=S)c(OC)c1. The second-order valence-electron chi connectivity index (χ2n) is 4.95. The Morgan fingerprint density at radius 3 is 2.76 bits per heavy atom. The van der Waals surface area contributed by atoms with Crippen molar-refractivity contribution in [3.8, 4) is 11.5 Å². The predicted molar refractivity (Wildman–Crippen MR) is 103 cm³/mol. The molecule has 0 radical (unpaired) electrons. The number of ether oxygens (including phenoxy) is 2. The van der Waals surface area contributed by atoms with Crippen LogP contribution in [-0.2, 0) is 4.79 Å². The number of thiocarbonyl (C=S) groups is 1. The second-order valence-corrected chi connectivity index (χ2v) is 6.63. The number of allylic oxidation sites excluding steroid dienone is 2. The molecule has 0 unspecified atom stereocenters. The number of amides is 1. The van der Waals surface area contributed by atoms with Gasteiger partial charge in [-0.15, -0.1) is 0 Å². The number of furan rings is 1. The lowest BCUT2D eigenvalue weighted by molar-refractivity contribution is -0.113. The van der Waals surface area contributed by atoms with Gasteiger partial charge in [-0.1, -0.05) is 30.1 Å². The summed E-state index contributed by atoms with van der Waals surface area (Å²) in [4.78, 5) is 14.7. The molecule has 1 aromatic carbocycles. The average molecular weight is 373 g/mol. The van der Waals surface area contributed by atoms with Gasteiger partial charge in [-0.25, -0.2) is 0 Å².